The predicted molar refractivity (Wildman–Crippen MR) is 131 cm³/mol. The standard InChI is InChI=1S/C25H25FN6OS/c1-14(2)32-15(3)30-31-22(32)21-13-34-24(29-21)25(10-11-25)17-6-4-16(5-7-17)23(33)28-20-12-18(26)8-9-19(20)27/h4-9,12-14H,10-11,27H2,1-3H3,(H,28,33). The fourth-order valence-corrected chi connectivity index (χ4v) is 5.36. The second kappa shape index (κ2) is 8.32. The van der Waals surface area contributed by atoms with Gasteiger partial charge >= 0.3 is 0 Å². The van der Waals surface area contributed by atoms with E-state index in [9.17, 15) is 9.18 Å². The number of benzene rings is 2. The summed E-state index contributed by atoms with van der Waals surface area (Å²) in [6.45, 7) is 6.16. The van der Waals surface area contributed by atoms with Gasteiger partial charge in [0.2, 0.25) is 0 Å². The van der Waals surface area contributed by atoms with Gasteiger partial charge in [-0.1, -0.05) is 12.1 Å². The average Bonchev–Trinajstić information content (AvgIpc) is 3.29. The molecule has 1 amide bonds. The molecule has 0 saturated heterocycles. The minimum atomic E-state index is -0.458. The second-order valence-electron chi connectivity index (χ2n) is 8.92. The van der Waals surface area contributed by atoms with Crippen LogP contribution in [0.4, 0.5) is 15.8 Å². The fourth-order valence-electron chi connectivity index (χ4n) is 4.28. The van der Waals surface area contributed by atoms with Crippen LogP contribution in [0.2, 0.25) is 0 Å². The fraction of sp³-hybridized carbons (Fsp3) is 0.280. The van der Waals surface area contributed by atoms with Crippen molar-refractivity contribution in [3.8, 4) is 11.5 Å². The summed E-state index contributed by atoms with van der Waals surface area (Å²) < 4.78 is 15.6. The zero-order valence-corrected chi connectivity index (χ0v) is 20.0. The monoisotopic (exact) mass is 476 g/mol. The van der Waals surface area contributed by atoms with Gasteiger partial charge in [-0.2, -0.15) is 0 Å². The zero-order valence-electron chi connectivity index (χ0n) is 19.2. The van der Waals surface area contributed by atoms with Crippen molar-refractivity contribution in [2.24, 2.45) is 0 Å². The number of aryl methyl sites for hydroxylation is 1. The highest BCUT2D eigenvalue weighted by molar-refractivity contribution is 7.10. The first kappa shape index (κ1) is 22.2. The van der Waals surface area contributed by atoms with E-state index in [2.05, 4.69) is 33.9 Å². The Bertz CT molecular complexity index is 1370. The first-order chi connectivity index (χ1) is 16.3. The molecule has 0 bridgehead atoms. The van der Waals surface area contributed by atoms with E-state index in [0.717, 1.165) is 40.8 Å². The molecule has 0 atom stereocenters. The minimum Gasteiger partial charge on any atom is -0.397 e. The Balaban J connectivity index is 1.37. The predicted octanol–water partition coefficient (Wildman–Crippen LogP) is 5.34. The van der Waals surface area contributed by atoms with Crippen LogP contribution >= 0.6 is 11.3 Å². The van der Waals surface area contributed by atoms with Gasteiger partial charge in [0.25, 0.3) is 5.91 Å². The lowest BCUT2D eigenvalue weighted by atomic mass is 9.95. The van der Waals surface area contributed by atoms with Crippen LogP contribution in [0.1, 0.15) is 59.5 Å². The van der Waals surface area contributed by atoms with Crippen LogP contribution in [0, 0.1) is 12.7 Å². The lowest BCUT2D eigenvalue weighted by Gasteiger charge is -2.14. The number of thiazole rings is 1. The summed E-state index contributed by atoms with van der Waals surface area (Å²) in [6.07, 6.45) is 2.00. The van der Waals surface area contributed by atoms with Crippen molar-refractivity contribution in [1.82, 2.24) is 19.7 Å². The van der Waals surface area contributed by atoms with Crippen molar-refractivity contribution in [3.05, 3.63) is 75.6 Å². The molecular formula is C25H25FN6OS. The Morgan fingerprint density at radius 2 is 1.91 bits per heavy atom. The van der Waals surface area contributed by atoms with E-state index < -0.39 is 5.82 Å². The summed E-state index contributed by atoms with van der Waals surface area (Å²) in [6, 6.07) is 11.7. The SMILES string of the molecule is Cc1nnc(-c2csc(C3(c4ccc(C(=O)Nc5cc(F)ccc5N)cc4)CC3)n2)n1C(C)C. The van der Waals surface area contributed by atoms with Gasteiger partial charge in [-0.3, -0.25) is 4.79 Å². The number of nitrogens with zero attached hydrogens (tertiary/aromatic N) is 4. The topological polar surface area (TPSA) is 98.7 Å². The van der Waals surface area contributed by atoms with Crippen LogP contribution in [0.25, 0.3) is 11.5 Å². The number of carbonyl (C=O) groups is 1. The van der Waals surface area contributed by atoms with Gasteiger partial charge < -0.3 is 15.6 Å². The second-order valence-corrected chi connectivity index (χ2v) is 9.78. The van der Waals surface area contributed by atoms with Crippen LogP contribution in [0.5, 0.6) is 0 Å². The number of carbonyl (C=O) groups excluding carboxylic acids is 1. The summed E-state index contributed by atoms with van der Waals surface area (Å²) in [5, 5.41) is 14.4. The van der Waals surface area contributed by atoms with Crippen LogP contribution in [0.15, 0.2) is 47.8 Å². The number of hydrogen-bond acceptors (Lipinski definition) is 6. The summed E-state index contributed by atoms with van der Waals surface area (Å²) in [4.78, 5) is 17.6. The molecule has 0 unspecified atom stereocenters. The number of nitrogens with one attached hydrogen (secondary N) is 1. The van der Waals surface area contributed by atoms with Crippen LogP contribution in [-0.2, 0) is 5.41 Å². The number of nitrogens with two attached hydrogens (primary N) is 1. The Labute approximate surface area is 200 Å². The third-order valence-corrected chi connectivity index (χ3v) is 7.28. The molecule has 1 saturated carbocycles. The van der Waals surface area contributed by atoms with E-state index in [1.807, 2.05) is 24.4 Å². The summed E-state index contributed by atoms with van der Waals surface area (Å²) in [5.74, 6) is 0.859. The molecule has 1 fully saturated rings. The number of halogens is 1. The number of nitrogen functional groups attached to an aromatic ring is 1. The van der Waals surface area contributed by atoms with Gasteiger partial charge in [0.05, 0.1) is 11.4 Å². The molecule has 0 spiro atoms. The Morgan fingerprint density at radius 1 is 1.18 bits per heavy atom. The molecule has 174 valence electrons. The molecule has 34 heavy (non-hydrogen) atoms. The van der Waals surface area contributed by atoms with Crippen molar-refractivity contribution >= 4 is 28.6 Å². The Hall–Kier alpha value is -3.59. The maximum absolute atomic E-state index is 13.5. The van der Waals surface area contributed by atoms with E-state index in [1.54, 1.807) is 23.5 Å². The molecule has 4 aromatic rings. The highest BCUT2D eigenvalue weighted by atomic mass is 32.1. The van der Waals surface area contributed by atoms with Crippen LogP contribution in [-0.4, -0.2) is 25.7 Å². The highest BCUT2D eigenvalue weighted by Crippen LogP contribution is 2.54. The molecule has 2 heterocycles. The normalized spacial score (nSPS) is 14.4. The molecule has 0 aliphatic heterocycles. The van der Waals surface area contributed by atoms with Crippen LogP contribution < -0.4 is 11.1 Å². The van der Waals surface area contributed by atoms with Gasteiger partial charge in [-0.05, 0) is 69.5 Å². The summed E-state index contributed by atoms with van der Waals surface area (Å²) >= 11 is 1.63. The maximum atomic E-state index is 13.5. The maximum Gasteiger partial charge on any atom is 0.255 e. The molecule has 9 heteroatoms. The van der Waals surface area contributed by atoms with Crippen LogP contribution in [0.3, 0.4) is 0 Å². The van der Waals surface area contributed by atoms with Gasteiger partial charge in [0.15, 0.2) is 5.82 Å². The zero-order chi connectivity index (χ0) is 24.0. The third-order valence-electron chi connectivity index (χ3n) is 6.24. The Morgan fingerprint density at radius 3 is 2.59 bits per heavy atom. The lowest BCUT2D eigenvalue weighted by Crippen LogP contribution is -2.14. The molecule has 2 aromatic carbocycles. The molecule has 5 rings (SSSR count). The number of rotatable bonds is 6. The molecule has 0 radical (unpaired) electrons. The van der Waals surface area contributed by atoms with Gasteiger partial charge in [0, 0.05) is 22.4 Å². The van der Waals surface area contributed by atoms with Gasteiger partial charge in [-0.15, -0.1) is 21.5 Å². The highest BCUT2D eigenvalue weighted by Gasteiger charge is 2.48. The van der Waals surface area contributed by atoms with E-state index in [0.29, 0.717) is 11.3 Å². The molecular weight excluding hydrogens is 451 g/mol. The van der Waals surface area contributed by atoms with E-state index >= 15 is 0 Å². The number of amides is 1. The molecule has 7 nitrogen and oxygen atoms in total. The van der Waals surface area contributed by atoms with Gasteiger partial charge in [0.1, 0.15) is 22.3 Å². The van der Waals surface area contributed by atoms with Crippen molar-refractivity contribution < 1.29 is 9.18 Å². The van der Waals surface area contributed by atoms with E-state index in [1.165, 1.54) is 18.2 Å². The first-order valence-electron chi connectivity index (χ1n) is 11.1. The quantitative estimate of drug-likeness (QED) is 0.366. The average molecular weight is 477 g/mol. The van der Waals surface area contributed by atoms with E-state index in [-0.39, 0.29) is 23.1 Å². The van der Waals surface area contributed by atoms with Crippen molar-refractivity contribution in [2.45, 2.75) is 45.1 Å². The number of anilines is 2. The smallest absolute Gasteiger partial charge is 0.255 e. The molecule has 3 N–H and O–H groups in total. The largest absolute Gasteiger partial charge is 0.397 e. The Kier molecular flexibility index (Phi) is 5.44. The lowest BCUT2D eigenvalue weighted by molar-refractivity contribution is 0.102. The third kappa shape index (κ3) is 3.86. The summed E-state index contributed by atoms with van der Waals surface area (Å²) in [7, 11) is 0. The van der Waals surface area contributed by atoms with Crippen molar-refractivity contribution in [3.63, 3.8) is 0 Å². The van der Waals surface area contributed by atoms with Crippen molar-refractivity contribution in [1.29, 1.82) is 0 Å². The molecule has 2 aromatic heterocycles. The van der Waals surface area contributed by atoms with E-state index in [4.69, 9.17) is 10.7 Å². The molecule has 1 aliphatic carbocycles. The van der Waals surface area contributed by atoms with Gasteiger partial charge in [-0.25, -0.2) is 9.37 Å². The number of hydrogen-bond donors (Lipinski definition) is 2. The first-order valence-corrected chi connectivity index (χ1v) is 12.0. The minimum absolute atomic E-state index is 0.136. The van der Waals surface area contributed by atoms with Crippen molar-refractivity contribution in [2.75, 3.05) is 11.1 Å². The number of aromatic nitrogens is 4. The summed E-state index contributed by atoms with van der Waals surface area (Å²) in [5.41, 5.74) is 8.71. The molecule has 1 aliphatic rings.